The Balaban J connectivity index is 0.00000144. The van der Waals surface area contributed by atoms with Crippen LogP contribution in [0.25, 0.3) is 0 Å². The van der Waals surface area contributed by atoms with Gasteiger partial charge in [-0.05, 0) is 24.3 Å². The molecule has 0 spiro atoms. The topological polar surface area (TPSA) is 74.6 Å². The van der Waals surface area contributed by atoms with Crippen molar-refractivity contribution >= 4 is 11.9 Å². The molecule has 0 atom stereocenters. The Morgan fingerprint density at radius 1 is 0.846 bits per heavy atom. The monoisotopic (exact) mass is 217 g/mol. The van der Waals surface area contributed by atoms with Crippen LogP contribution < -0.4 is 0 Å². The molecular weight excluding hydrogens is 211 g/mol. The van der Waals surface area contributed by atoms with Crippen LogP contribution >= 0.6 is 0 Å². The van der Waals surface area contributed by atoms with Gasteiger partial charge in [-0.1, -0.05) is 0 Å². The largest absolute Gasteiger partial charge is 0.478 e. The van der Waals surface area contributed by atoms with E-state index in [-0.39, 0.29) is 29.7 Å². The summed E-state index contributed by atoms with van der Waals surface area (Å²) in [5, 5.41) is 16.9. The summed E-state index contributed by atoms with van der Waals surface area (Å²) in [6, 6.07) is 5.02. The number of carbonyl (C=O) groups is 2. The Morgan fingerprint density at radius 3 is 1.23 bits per heavy atom. The summed E-state index contributed by atoms with van der Waals surface area (Å²) in [5.41, 5.74) is 0.167. The molecule has 4 nitrogen and oxygen atoms in total. The van der Waals surface area contributed by atoms with Crippen LogP contribution in [0.15, 0.2) is 24.3 Å². The van der Waals surface area contributed by atoms with Crippen molar-refractivity contribution in [3.63, 3.8) is 0 Å². The van der Waals surface area contributed by atoms with E-state index in [2.05, 4.69) is 0 Å². The zero-order valence-corrected chi connectivity index (χ0v) is 7.86. The Morgan fingerprint density at radius 2 is 1.08 bits per heavy atom. The minimum Gasteiger partial charge on any atom is -0.478 e. The number of carboxylic acid groups (broad SMARTS) is 2. The minimum atomic E-state index is -1.06. The van der Waals surface area contributed by atoms with Crippen molar-refractivity contribution in [2.75, 3.05) is 0 Å². The van der Waals surface area contributed by atoms with Crippen molar-refractivity contribution in [2.24, 2.45) is 0 Å². The van der Waals surface area contributed by atoms with Crippen LogP contribution in [0.3, 0.4) is 0 Å². The van der Waals surface area contributed by atoms with E-state index >= 15 is 0 Å². The summed E-state index contributed by atoms with van der Waals surface area (Å²) in [7, 11) is 0. The number of carboxylic acids is 2. The average Bonchev–Trinajstić information content (AvgIpc) is 2.04. The average molecular weight is 217 g/mol. The molecule has 13 heavy (non-hydrogen) atoms. The first-order valence-electron chi connectivity index (χ1n) is 3.18. The number of aromatic carboxylic acids is 2. The molecule has 2 N–H and O–H groups in total. The van der Waals surface area contributed by atoms with Gasteiger partial charge < -0.3 is 10.2 Å². The van der Waals surface area contributed by atoms with E-state index in [0.717, 1.165) is 0 Å². The zero-order chi connectivity index (χ0) is 9.14. The standard InChI is InChI=1S/C8H6O4.V/c9-7(10)5-1-2-6(4-3-5)8(11)12;/h1-4H,(H,9,10)(H,11,12);. The van der Waals surface area contributed by atoms with Gasteiger partial charge in [-0.25, -0.2) is 9.59 Å². The summed E-state index contributed by atoms with van der Waals surface area (Å²) >= 11 is 0. The van der Waals surface area contributed by atoms with Crippen LogP contribution in [0.1, 0.15) is 20.7 Å². The maximum Gasteiger partial charge on any atom is 0.335 e. The smallest absolute Gasteiger partial charge is 0.335 e. The molecule has 0 amide bonds. The number of hydrogen-bond acceptors (Lipinski definition) is 2. The van der Waals surface area contributed by atoms with E-state index in [1.54, 1.807) is 0 Å². The van der Waals surface area contributed by atoms with Gasteiger partial charge in [0.1, 0.15) is 0 Å². The fraction of sp³-hybridized carbons (Fsp3) is 0. The third-order valence-electron chi connectivity index (χ3n) is 1.38. The van der Waals surface area contributed by atoms with E-state index in [4.69, 9.17) is 10.2 Å². The second-order valence-corrected chi connectivity index (χ2v) is 2.19. The molecule has 0 aromatic heterocycles. The van der Waals surface area contributed by atoms with E-state index in [9.17, 15) is 9.59 Å². The van der Waals surface area contributed by atoms with Gasteiger partial charge >= 0.3 is 11.9 Å². The van der Waals surface area contributed by atoms with Crippen LogP contribution in [0.5, 0.6) is 0 Å². The molecule has 0 saturated carbocycles. The fourth-order valence-corrected chi connectivity index (χ4v) is 0.755. The van der Waals surface area contributed by atoms with Crippen LogP contribution in [-0.2, 0) is 18.6 Å². The molecule has 0 unspecified atom stereocenters. The molecule has 67 valence electrons. The Labute approximate surface area is 86.1 Å². The molecule has 0 aliphatic carbocycles. The molecule has 1 aromatic carbocycles. The van der Waals surface area contributed by atoms with Gasteiger partial charge in [0.2, 0.25) is 0 Å². The molecule has 0 fully saturated rings. The van der Waals surface area contributed by atoms with Gasteiger partial charge in [0.15, 0.2) is 0 Å². The van der Waals surface area contributed by atoms with E-state index in [1.165, 1.54) is 24.3 Å². The van der Waals surface area contributed by atoms with Crippen LogP contribution in [-0.4, -0.2) is 22.2 Å². The van der Waals surface area contributed by atoms with Crippen molar-refractivity contribution < 1.29 is 38.4 Å². The first kappa shape index (κ1) is 11.7. The molecule has 0 bridgehead atoms. The van der Waals surface area contributed by atoms with Crippen molar-refractivity contribution in [1.29, 1.82) is 0 Å². The second-order valence-electron chi connectivity index (χ2n) is 2.19. The van der Waals surface area contributed by atoms with Crippen LogP contribution in [0.4, 0.5) is 0 Å². The fourth-order valence-electron chi connectivity index (χ4n) is 0.755. The molecule has 0 saturated heterocycles. The Bertz CT molecular complexity index is 284. The van der Waals surface area contributed by atoms with Crippen molar-refractivity contribution in [2.45, 2.75) is 0 Å². The third kappa shape index (κ3) is 2.93. The van der Waals surface area contributed by atoms with Crippen molar-refractivity contribution in [1.82, 2.24) is 0 Å². The summed E-state index contributed by atoms with van der Waals surface area (Å²) in [6.45, 7) is 0. The van der Waals surface area contributed by atoms with Gasteiger partial charge in [-0.3, -0.25) is 0 Å². The van der Waals surface area contributed by atoms with Gasteiger partial charge in [-0.15, -0.1) is 0 Å². The molecule has 0 heterocycles. The molecule has 1 aromatic rings. The summed E-state index contributed by atoms with van der Waals surface area (Å²) in [5.74, 6) is -2.13. The number of benzene rings is 1. The third-order valence-corrected chi connectivity index (χ3v) is 1.38. The normalized spacial score (nSPS) is 8.62. The zero-order valence-electron chi connectivity index (χ0n) is 6.47. The maximum atomic E-state index is 10.3. The summed E-state index contributed by atoms with van der Waals surface area (Å²) in [6.07, 6.45) is 0. The first-order chi connectivity index (χ1) is 5.61. The van der Waals surface area contributed by atoms with Gasteiger partial charge in [-0.2, -0.15) is 0 Å². The predicted octanol–water partition coefficient (Wildman–Crippen LogP) is 1.08. The predicted molar refractivity (Wildman–Crippen MR) is 40.4 cm³/mol. The summed E-state index contributed by atoms with van der Waals surface area (Å²) < 4.78 is 0. The van der Waals surface area contributed by atoms with E-state index < -0.39 is 11.9 Å². The summed E-state index contributed by atoms with van der Waals surface area (Å²) in [4.78, 5) is 20.7. The van der Waals surface area contributed by atoms with Gasteiger partial charge in [0.05, 0.1) is 11.1 Å². The van der Waals surface area contributed by atoms with Crippen LogP contribution in [0.2, 0.25) is 0 Å². The number of hydrogen-bond donors (Lipinski definition) is 2. The Kier molecular flexibility index (Phi) is 4.24. The SMILES string of the molecule is O=C(O)c1ccc(C(=O)O)cc1.[V]. The molecule has 0 aliphatic heterocycles. The second kappa shape index (κ2) is 4.69. The number of rotatable bonds is 2. The minimum absolute atomic E-state index is 0. The Hall–Kier alpha value is -1.26. The molecule has 5 heteroatoms. The molecular formula is C8H6O4V. The van der Waals surface area contributed by atoms with Crippen LogP contribution in [0, 0.1) is 0 Å². The molecule has 1 radical (unpaired) electrons. The molecule has 0 aliphatic rings. The maximum absolute atomic E-state index is 10.3. The first-order valence-corrected chi connectivity index (χ1v) is 3.18. The van der Waals surface area contributed by atoms with E-state index in [1.807, 2.05) is 0 Å². The van der Waals surface area contributed by atoms with Crippen molar-refractivity contribution in [3.8, 4) is 0 Å². The van der Waals surface area contributed by atoms with E-state index in [0.29, 0.717) is 0 Å². The van der Waals surface area contributed by atoms with Gasteiger partial charge in [0.25, 0.3) is 0 Å². The van der Waals surface area contributed by atoms with Gasteiger partial charge in [0, 0.05) is 18.6 Å². The van der Waals surface area contributed by atoms with Crippen molar-refractivity contribution in [3.05, 3.63) is 35.4 Å². The quantitative estimate of drug-likeness (QED) is 0.777. The molecule has 1 rings (SSSR count).